The van der Waals surface area contributed by atoms with Gasteiger partial charge in [0.05, 0.1) is 6.54 Å². The van der Waals surface area contributed by atoms with Crippen LogP contribution in [0.4, 0.5) is 5.69 Å². The van der Waals surface area contributed by atoms with Crippen LogP contribution in [-0.2, 0) is 4.79 Å². The number of carbonyl (C=O) groups is 1. The van der Waals surface area contributed by atoms with Crippen LogP contribution in [0.15, 0.2) is 27.1 Å². The zero-order chi connectivity index (χ0) is 10.6. The van der Waals surface area contributed by atoms with Crippen LogP contribution in [0.25, 0.3) is 0 Å². The molecule has 1 amide bonds. The zero-order valence-corrected chi connectivity index (χ0v) is 10.2. The smallest absolute Gasteiger partial charge is 0.262 e. The van der Waals surface area contributed by atoms with Crippen LogP contribution in [0.5, 0.6) is 0 Å². The molecule has 6 heteroatoms. The molecule has 14 heavy (non-hydrogen) atoms. The van der Waals surface area contributed by atoms with Gasteiger partial charge < -0.3 is 5.32 Å². The van der Waals surface area contributed by atoms with Crippen molar-refractivity contribution >= 4 is 43.5 Å². The Labute approximate surface area is 97.9 Å². The Kier molecular flexibility index (Phi) is 4.37. The SMILES string of the molecule is O=C(CNc1ccc(Br)c(Br)c1)NO. The number of benzene rings is 1. The van der Waals surface area contributed by atoms with Gasteiger partial charge in [-0.05, 0) is 50.1 Å². The summed E-state index contributed by atoms with van der Waals surface area (Å²) in [6.07, 6.45) is 0. The maximum atomic E-state index is 10.7. The second kappa shape index (κ2) is 5.33. The van der Waals surface area contributed by atoms with Crippen molar-refractivity contribution in [2.45, 2.75) is 0 Å². The van der Waals surface area contributed by atoms with Gasteiger partial charge in [-0.3, -0.25) is 10.0 Å². The number of rotatable bonds is 3. The molecule has 1 aromatic carbocycles. The van der Waals surface area contributed by atoms with E-state index in [0.717, 1.165) is 14.6 Å². The van der Waals surface area contributed by atoms with Crippen molar-refractivity contribution in [2.75, 3.05) is 11.9 Å². The van der Waals surface area contributed by atoms with Gasteiger partial charge in [-0.25, -0.2) is 5.48 Å². The van der Waals surface area contributed by atoms with Crippen LogP contribution < -0.4 is 10.8 Å². The predicted molar refractivity (Wildman–Crippen MR) is 60.3 cm³/mol. The minimum absolute atomic E-state index is 0.0323. The molecule has 3 N–H and O–H groups in total. The monoisotopic (exact) mass is 322 g/mol. The highest BCUT2D eigenvalue weighted by Gasteiger charge is 2.00. The van der Waals surface area contributed by atoms with E-state index in [9.17, 15) is 4.79 Å². The van der Waals surface area contributed by atoms with Crippen LogP contribution in [0.3, 0.4) is 0 Å². The van der Waals surface area contributed by atoms with Gasteiger partial charge in [0, 0.05) is 14.6 Å². The largest absolute Gasteiger partial charge is 0.376 e. The Bertz CT molecular complexity index is 344. The van der Waals surface area contributed by atoms with E-state index < -0.39 is 5.91 Å². The van der Waals surface area contributed by atoms with Gasteiger partial charge in [0.1, 0.15) is 0 Å². The first kappa shape index (κ1) is 11.5. The second-order valence-corrected chi connectivity index (χ2v) is 4.23. The molecule has 0 aliphatic heterocycles. The van der Waals surface area contributed by atoms with Crippen molar-refractivity contribution in [1.29, 1.82) is 0 Å². The summed E-state index contributed by atoms with van der Waals surface area (Å²) in [6, 6.07) is 5.50. The maximum Gasteiger partial charge on any atom is 0.262 e. The third-order valence-electron chi connectivity index (χ3n) is 1.50. The molecule has 0 aliphatic carbocycles. The average molecular weight is 324 g/mol. The molecule has 0 heterocycles. The number of hydrogen-bond acceptors (Lipinski definition) is 3. The topological polar surface area (TPSA) is 61.4 Å². The van der Waals surface area contributed by atoms with E-state index in [-0.39, 0.29) is 6.54 Å². The molecule has 0 atom stereocenters. The van der Waals surface area contributed by atoms with E-state index in [2.05, 4.69) is 37.2 Å². The van der Waals surface area contributed by atoms with Crippen LogP contribution in [0.2, 0.25) is 0 Å². The molecule has 76 valence electrons. The molecule has 0 radical (unpaired) electrons. The maximum absolute atomic E-state index is 10.7. The molecular formula is C8H8Br2N2O2. The summed E-state index contributed by atoms with van der Waals surface area (Å²) >= 11 is 6.66. The third kappa shape index (κ3) is 3.28. The zero-order valence-electron chi connectivity index (χ0n) is 7.05. The summed E-state index contributed by atoms with van der Waals surface area (Å²) in [4.78, 5) is 10.7. The summed E-state index contributed by atoms with van der Waals surface area (Å²) < 4.78 is 1.83. The minimum atomic E-state index is -0.482. The normalized spacial score (nSPS) is 9.64. The Balaban J connectivity index is 2.60. The first-order chi connectivity index (χ1) is 6.63. The molecule has 1 rings (SSSR count). The van der Waals surface area contributed by atoms with Crippen molar-refractivity contribution in [3.8, 4) is 0 Å². The summed E-state index contributed by atoms with van der Waals surface area (Å²) in [5, 5.41) is 11.1. The van der Waals surface area contributed by atoms with E-state index in [4.69, 9.17) is 5.21 Å². The summed E-state index contributed by atoms with van der Waals surface area (Å²) in [6.45, 7) is 0.0323. The molecule has 0 aliphatic rings. The lowest BCUT2D eigenvalue weighted by Gasteiger charge is -2.05. The van der Waals surface area contributed by atoms with E-state index >= 15 is 0 Å². The number of carbonyl (C=O) groups excluding carboxylic acids is 1. The van der Waals surface area contributed by atoms with Gasteiger partial charge in [0.2, 0.25) is 0 Å². The highest BCUT2D eigenvalue weighted by Crippen LogP contribution is 2.25. The molecular weight excluding hydrogens is 316 g/mol. The van der Waals surface area contributed by atoms with E-state index in [0.29, 0.717) is 0 Å². The van der Waals surface area contributed by atoms with Gasteiger partial charge in [0.25, 0.3) is 5.91 Å². The van der Waals surface area contributed by atoms with Gasteiger partial charge in [-0.15, -0.1) is 0 Å². The van der Waals surface area contributed by atoms with Crippen molar-refractivity contribution in [1.82, 2.24) is 5.48 Å². The lowest BCUT2D eigenvalue weighted by atomic mass is 10.3. The van der Waals surface area contributed by atoms with Gasteiger partial charge in [0.15, 0.2) is 0 Å². The summed E-state index contributed by atoms with van der Waals surface area (Å²) in [7, 11) is 0. The number of hydroxylamine groups is 1. The van der Waals surface area contributed by atoms with E-state index in [1.165, 1.54) is 5.48 Å². The molecule has 0 fully saturated rings. The van der Waals surface area contributed by atoms with Crippen molar-refractivity contribution in [2.24, 2.45) is 0 Å². The van der Waals surface area contributed by atoms with Gasteiger partial charge in [-0.2, -0.15) is 0 Å². The number of amides is 1. The first-order valence-electron chi connectivity index (χ1n) is 3.75. The van der Waals surface area contributed by atoms with Crippen LogP contribution in [0.1, 0.15) is 0 Å². The molecule has 0 unspecified atom stereocenters. The predicted octanol–water partition coefficient (Wildman–Crippen LogP) is 2.13. The van der Waals surface area contributed by atoms with Crippen LogP contribution in [-0.4, -0.2) is 17.7 Å². The highest BCUT2D eigenvalue weighted by molar-refractivity contribution is 9.13. The second-order valence-electron chi connectivity index (χ2n) is 2.52. The van der Waals surface area contributed by atoms with Gasteiger partial charge in [-0.1, -0.05) is 0 Å². The van der Waals surface area contributed by atoms with Crippen LogP contribution >= 0.6 is 31.9 Å². The minimum Gasteiger partial charge on any atom is -0.376 e. The fourth-order valence-electron chi connectivity index (χ4n) is 0.828. The molecule has 0 saturated carbocycles. The fraction of sp³-hybridized carbons (Fsp3) is 0.125. The lowest BCUT2D eigenvalue weighted by Crippen LogP contribution is -2.26. The van der Waals surface area contributed by atoms with Crippen molar-refractivity contribution in [3.05, 3.63) is 27.1 Å². The quantitative estimate of drug-likeness (QED) is 0.590. The molecule has 1 aromatic rings. The first-order valence-corrected chi connectivity index (χ1v) is 5.34. The van der Waals surface area contributed by atoms with E-state index in [1.807, 2.05) is 18.2 Å². The number of halogens is 2. The average Bonchev–Trinajstić information content (AvgIpc) is 2.19. The van der Waals surface area contributed by atoms with E-state index in [1.54, 1.807) is 0 Å². The number of nitrogens with one attached hydrogen (secondary N) is 2. The Hall–Kier alpha value is -0.590. The molecule has 4 nitrogen and oxygen atoms in total. The summed E-state index contributed by atoms with van der Waals surface area (Å²) in [5.41, 5.74) is 2.33. The molecule has 0 bridgehead atoms. The highest BCUT2D eigenvalue weighted by atomic mass is 79.9. The summed E-state index contributed by atoms with van der Waals surface area (Å²) in [5.74, 6) is -0.482. The van der Waals surface area contributed by atoms with Crippen LogP contribution in [0, 0.1) is 0 Å². The lowest BCUT2D eigenvalue weighted by molar-refractivity contribution is -0.127. The Morgan fingerprint density at radius 1 is 1.36 bits per heavy atom. The fourth-order valence-corrected chi connectivity index (χ4v) is 1.45. The third-order valence-corrected chi connectivity index (χ3v) is 3.38. The standard InChI is InChI=1S/C8H8Br2N2O2/c9-6-2-1-5(3-7(6)10)11-4-8(13)12-14/h1-3,11,14H,4H2,(H,12,13). The Morgan fingerprint density at radius 3 is 2.64 bits per heavy atom. The van der Waals surface area contributed by atoms with Crippen molar-refractivity contribution < 1.29 is 10.0 Å². The number of anilines is 1. The molecule has 0 saturated heterocycles. The molecule has 0 aromatic heterocycles. The Morgan fingerprint density at radius 2 is 2.07 bits per heavy atom. The van der Waals surface area contributed by atoms with Gasteiger partial charge >= 0.3 is 0 Å². The molecule has 0 spiro atoms. The number of hydrogen-bond donors (Lipinski definition) is 3. The van der Waals surface area contributed by atoms with Crippen molar-refractivity contribution in [3.63, 3.8) is 0 Å².